The monoisotopic (exact) mass is 182 g/mol. The second-order valence-electron chi connectivity index (χ2n) is 3.71. The van der Waals surface area contributed by atoms with Gasteiger partial charge in [0, 0.05) is 6.54 Å². The second kappa shape index (κ2) is 5.02. The SMILES string of the molecule is CC(C)C=CCNC(=O)[C@@H]1CCN1. The average molecular weight is 182 g/mol. The average Bonchev–Trinajstić information content (AvgIpc) is 1.94. The summed E-state index contributed by atoms with van der Waals surface area (Å²) in [6.45, 7) is 5.85. The Kier molecular flexibility index (Phi) is 3.96. The topological polar surface area (TPSA) is 41.1 Å². The lowest BCUT2D eigenvalue weighted by Gasteiger charge is -2.25. The van der Waals surface area contributed by atoms with Crippen molar-refractivity contribution in [3.8, 4) is 0 Å². The number of nitrogens with one attached hydrogen (secondary N) is 2. The minimum Gasteiger partial charge on any atom is -0.351 e. The van der Waals surface area contributed by atoms with Crippen molar-refractivity contribution in [2.24, 2.45) is 5.92 Å². The van der Waals surface area contributed by atoms with Gasteiger partial charge in [0.25, 0.3) is 0 Å². The minimum absolute atomic E-state index is 0.0625. The molecule has 74 valence electrons. The zero-order chi connectivity index (χ0) is 9.68. The van der Waals surface area contributed by atoms with E-state index in [0.29, 0.717) is 12.5 Å². The van der Waals surface area contributed by atoms with E-state index < -0.39 is 0 Å². The largest absolute Gasteiger partial charge is 0.351 e. The van der Waals surface area contributed by atoms with Crippen LogP contribution >= 0.6 is 0 Å². The second-order valence-corrected chi connectivity index (χ2v) is 3.71. The molecular formula is C10H18N2O. The van der Waals surface area contributed by atoms with Crippen LogP contribution in [0.5, 0.6) is 0 Å². The molecule has 1 rings (SSSR count). The summed E-state index contributed by atoms with van der Waals surface area (Å²) in [5.41, 5.74) is 0. The molecule has 2 N–H and O–H groups in total. The molecule has 13 heavy (non-hydrogen) atoms. The first-order valence-electron chi connectivity index (χ1n) is 4.88. The molecule has 3 heteroatoms. The number of allylic oxidation sites excluding steroid dienone is 1. The van der Waals surface area contributed by atoms with Crippen LogP contribution in [-0.4, -0.2) is 25.0 Å². The summed E-state index contributed by atoms with van der Waals surface area (Å²) in [6.07, 6.45) is 5.06. The summed E-state index contributed by atoms with van der Waals surface area (Å²) in [6, 6.07) is 0.0625. The van der Waals surface area contributed by atoms with Crippen molar-refractivity contribution in [2.45, 2.75) is 26.3 Å². The molecule has 1 atom stereocenters. The fourth-order valence-electron chi connectivity index (χ4n) is 1.14. The molecule has 0 aromatic heterocycles. The van der Waals surface area contributed by atoms with Crippen LogP contribution in [0.1, 0.15) is 20.3 Å². The van der Waals surface area contributed by atoms with E-state index in [4.69, 9.17) is 0 Å². The molecule has 1 heterocycles. The third-order valence-electron chi connectivity index (χ3n) is 2.06. The Hall–Kier alpha value is -0.830. The molecule has 0 radical (unpaired) electrons. The normalized spacial score (nSPS) is 21.9. The Morgan fingerprint density at radius 3 is 2.85 bits per heavy atom. The van der Waals surface area contributed by atoms with Gasteiger partial charge in [0.1, 0.15) is 0 Å². The molecule has 0 aromatic rings. The van der Waals surface area contributed by atoms with E-state index in [-0.39, 0.29) is 11.9 Å². The lowest BCUT2D eigenvalue weighted by molar-refractivity contribution is -0.124. The quantitative estimate of drug-likeness (QED) is 0.628. The van der Waals surface area contributed by atoms with E-state index >= 15 is 0 Å². The molecule has 1 amide bonds. The number of hydrogen-bond donors (Lipinski definition) is 2. The van der Waals surface area contributed by atoms with Crippen molar-refractivity contribution in [3.05, 3.63) is 12.2 Å². The molecular weight excluding hydrogens is 164 g/mol. The van der Waals surface area contributed by atoms with Gasteiger partial charge in [-0.25, -0.2) is 0 Å². The zero-order valence-electron chi connectivity index (χ0n) is 8.34. The summed E-state index contributed by atoms with van der Waals surface area (Å²) >= 11 is 0. The predicted molar refractivity (Wildman–Crippen MR) is 53.4 cm³/mol. The van der Waals surface area contributed by atoms with Gasteiger partial charge in [-0.05, 0) is 18.9 Å². The molecule has 0 saturated carbocycles. The lowest BCUT2D eigenvalue weighted by Crippen LogP contribution is -2.53. The Labute approximate surface area is 79.6 Å². The van der Waals surface area contributed by atoms with E-state index in [2.05, 4.69) is 30.6 Å². The molecule has 1 saturated heterocycles. The Morgan fingerprint density at radius 1 is 1.69 bits per heavy atom. The van der Waals surface area contributed by atoms with Crippen LogP contribution in [0.3, 0.4) is 0 Å². The number of amides is 1. The van der Waals surface area contributed by atoms with Crippen LogP contribution in [0.4, 0.5) is 0 Å². The third kappa shape index (κ3) is 3.59. The summed E-state index contributed by atoms with van der Waals surface area (Å²) in [5, 5.41) is 5.91. The first-order chi connectivity index (χ1) is 6.20. The van der Waals surface area contributed by atoms with Crippen LogP contribution in [0.2, 0.25) is 0 Å². The first-order valence-corrected chi connectivity index (χ1v) is 4.88. The Bertz CT molecular complexity index is 195. The van der Waals surface area contributed by atoms with Crippen molar-refractivity contribution in [2.75, 3.05) is 13.1 Å². The molecule has 0 aliphatic carbocycles. The fraction of sp³-hybridized carbons (Fsp3) is 0.700. The predicted octanol–water partition coefficient (Wildman–Crippen LogP) is 0.677. The van der Waals surface area contributed by atoms with Gasteiger partial charge in [-0.15, -0.1) is 0 Å². The van der Waals surface area contributed by atoms with Gasteiger partial charge >= 0.3 is 0 Å². The van der Waals surface area contributed by atoms with Crippen LogP contribution in [0, 0.1) is 5.92 Å². The highest BCUT2D eigenvalue weighted by atomic mass is 16.2. The van der Waals surface area contributed by atoms with E-state index in [1.54, 1.807) is 0 Å². The standard InChI is InChI=1S/C10H18N2O/c1-8(2)4-3-6-12-10(13)9-5-7-11-9/h3-4,8-9,11H,5-7H2,1-2H3,(H,12,13)/t9-/m0/s1. The van der Waals surface area contributed by atoms with Crippen molar-refractivity contribution < 1.29 is 4.79 Å². The Morgan fingerprint density at radius 2 is 2.38 bits per heavy atom. The number of carbonyl (C=O) groups excluding carboxylic acids is 1. The summed E-state index contributed by atoms with van der Waals surface area (Å²) < 4.78 is 0. The minimum atomic E-state index is 0.0625. The highest BCUT2D eigenvalue weighted by Gasteiger charge is 2.23. The highest BCUT2D eigenvalue weighted by molar-refractivity contribution is 5.82. The van der Waals surface area contributed by atoms with Gasteiger partial charge < -0.3 is 10.6 Å². The van der Waals surface area contributed by atoms with Crippen molar-refractivity contribution in [1.82, 2.24) is 10.6 Å². The van der Waals surface area contributed by atoms with E-state index in [1.807, 2.05) is 6.08 Å². The smallest absolute Gasteiger partial charge is 0.237 e. The molecule has 3 nitrogen and oxygen atoms in total. The maximum atomic E-state index is 11.3. The highest BCUT2D eigenvalue weighted by Crippen LogP contribution is 2.00. The molecule has 0 spiro atoms. The number of rotatable bonds is 4. The molecule has 0 unspecified atom stereocenters. The van der Waals surface area contributed by atoms with Crippen LogP contribution in [0.25, 0.3) is 0 Å². The summed E-state index contributed by atoms with van der Waals surface area (Å²) in [4.78, 5) is 11.3. The van der Waals surface area contributed by atoms with Crippen LogP contribution in [-0.2, 0) is 4.79 Å². The van der Waals surface area contributed by atoms with E-state index in [0.717, 1.165) is 13.0 Å². The van der Waals surface area contributed by atoms with Crippen LogP contribution in [0.15, 0.2) is 12.2 Å². The van der Waals surface area contributed by atoms with Crippen molar-refractivity contribution in [3.63, 3.8) is 0 Å². The van der Waals surface area contributed by atoms with Crippen LogP contribution < -0.4 is 10.6 Å². The van der Waals surface area contributed by atoms with E-state index in [9.17, 15) is 4.79 Å². The van der Waals surface area contributed by atoms with Crippen molar-refractivity contribution in [1.29, 1.82) is 0 Å². The molecule has 0 aromatic carbocycles. The molecule has 0 bridgehead atoms. The van der Waals surface area contributed by atoms with Gasteiger partial charge in [-0.2, -0.15) is 0 Å². The maximum absolute atomic E-state index is 11.3. The summed E-state index contributed by atoms with van der Waals surface area (Å²) in [7, 11) is 0. The maximum Gasteiger partial charge on any atom is 0.237 e. The molecule has 1 aliphatic heterocycles. The van der Waals surface area contributed by atoms with Gasteiger partial charge in [0.15, 0.2) is 0 Å². The van der Waals surface area contributed by atoms with E-state index in [1.165, 1.54) is 0 Å². The summed E-state index contributed by atoms with van der Waals surface area (Å²) in [5.74, 6) is 0.679. The van der Waals surface area contributed by atoms with Gasteiger partial charge in [-0.1, -0.05) is 26.0 Å². The number of hydrogen-bond acceptors (Lipinski definition) is 2. The van der Waals surface area contributed by atoms with Gasteiger partial charge in [0.2, 0.25) is 5.91 Å². The first kappa shape index (κ1) is 10.3. The van der Waals surface area contributed by atoms with Crippen molar-refractivity contribution >= 4 is 5.91 Å². The zero-order valence-corrected chi connectivity index (χ0v) is 8.34. The lowest BCUT2D eigenvalue weighted by atomic mass is 10.1. The van der Waals surface area contributed by atoms with Gasteiger partial charge in [0.05, 0.1) is 6.04 Å². The molecule has 1 aliphatic rings. The Balaban J connectivity index is 2.08. The number of carbonyl (C=O) groups is 1. The fourth-order valence-corrected chi connectivity index (χ4v) is 1.14. The third-order valence-corrected chi connectivity index (χ3v) is 2.06. The van der Waals surface area contributed by atoms with Gasteiger partial charge in [-0.3, -0.25) is 4.79 Å². The molecule has 1 fully saturated rings.